The van der Waals surface area contributed by atoms with Crippen molar-refractivity contribution in [3.63, 3.8) is 0 Å². The Bertz CT molecular complexity index is 1140. The van der Waals surface area contributed by atoms with Crippen molar-refractivity contribution in [3.05, 3.63) is 83.9 Å². The van der Waals surface area contributed by atoms with Crippen molar-refractivity contribution in [2.75, 3.05) is 7.05 Å². The van der Waals surface area contributed by atoms with Crippen LogP contribution in [0.1, 0.15) is 11.1 Å². The van der Waals surface area contributed by atoms with Crippen molar-refractivity contribution in [2.45, 2.75) is 31.1 Å². The van der Waals surface area contributed by atoms with E-state index in [0.29, 0.717) is 13.0 Å². The number of rotatable bonds is 8. The molecule has 3 aromatic carbocycles. The van der Waals surface area contributed by atoms with Gasteiger partial charge in [-0.05, 0) is 28.9 Å². The molecule has 2 amide bonds. The second-order valence-corrected chi connectivity index (χ2v) is 8.00. The fourth-order valence-corrected chi connectivity index (χ4v) is 4.05. The molecule has 1 heterocycles. The Morgan fingerprint density at radius 3 is 2.34 bits per heavy atom. The summed E-state index contributed by atoms with van der Waals surface area (Å²) in [5.74, 6) is -1.82. The molecule has 0 aromatic heterocycles. The number of hydrogen-bond donors (Lipinski definition) is 3. The molecule has 0 aliphatic carbocycles. The third kappa shape index (κ3) is 4.63. The molecule has 164 valence electrons. The van der Waals surface area contributed by atoms with Crippen LogP contribution in [-0.4, -0.2) is 53.0 Å². The monoisotopic (exact) mass is 431 g/mol. The minimum atomic E-state index is -1.05. The first-order valence-corrected chi connectivity index (χ1v) is 10.5. The highest BCUT2D eigenvalue weighted by Gasteiger charge is 2.55. The number of benzene rings is 3. The molecule has 1 aliphatic heterocycles. The average Bonchev–Trinajstić information content (AvgIpc) is 3.49. The number of carbonyl (C=O) groups is 3. The van der Waals surface area contributed by atoms with Gasteiger partial charge in [-0.3, -0.25) is 19.3 Å². The Labute approximate surface area is 186 Å². The molecule has 1 saturated heterocycles. The van der Waals surface area contributed by atoms with Crippen LogP contribution in [0.25, 0.3) is 10.8 Å². The van der Waals surface area contributed by atoms with Crippen LogP contribution in [0.15, 0.2) is 72.8 Å². The number of hydrogen-bond acceptors (Lipinski definition) is 4. The Hall–Kier alpha value is -3.71. The molecule has 0 bridgehead atoms. The van der Waals surface area contributed by atoms with Crippen LogP contribution < -0.4 is 10.6 Å². The van der Waals surface area contributed by atoms with Gasteiger partial charge in [0.1, 0.15) is 18.1 Å². The lowest BCUT2D eigenvalue weighted by molar-refractivity contribution is -0.137. The number of carboxylic acid groups (broad SMARTS) is 1. The summed E-state index contributed by atoms with van der Waals surface area (Å²) in [6.45, 7) is 0.322. The maximum Gasteiger partial charge on any atom is 0.323 e. The molecular formula is C25H25N3O4. The fourth-order valence-electron chi connectivity index (χ4n) is 4.05. The van der Waals surface area contributed by atoms with Crippen molar-refractivity contribution in [1.82, 2.24) is 15.5 Å². The summed E-state index contributed by atoms with van der Waals surface area (Å²) in [4.78, 5) is 38.5. The molecule has 3 N–H and O–H groups in total. The van der Waals surface area contributed by atoms with Crippen molar-refractivity contribution < 1.29 is 19.5 Å². The van der Waals surface area contributed by atoms with E-state index in [1.165, 1.54) is 4.90 Å². The SMILES string of the molecule is CN1[C@H](C(=O)O)[C@H]1C(=O)N[C@@H](Cc1ccccc1)C(=O)NCc1cccc2ccccc12. The number of carboxylic acids is 1. The lowest BCUT2D eigenvalue weighted by Crippen LogP contribution is -2.49. The minimum Gasteiger partial charge on any atom is -0.480 e. The van der Waals surface area contributed by atoms with E-state index >= 15 is 0 Å². The van der Waals surface area contributed by atoms with E-state index in [0.717, 1.165) is 21.9 Å². The highest BCUT2D eigenvalue weighted by molar-refractivity contribution is 5.97. The summed E-state index contributed by atoms with van der Waals surface area (Å²) in [5, 5.41) is 17.1. The second-order valence-electron chi connectivity index (χ2n) is 8.00. The summed E-state index contributed by atoms with van der Waals surface area (Å²) in [7, 11) is 1.58. The fraction of sp³-hybridized carbons (Fsp3) is 0.240. The van der Waals surface area contributed by atoms with E-state index in [1.807, 2.05) is 72.8 Å². The number of carbonyl (C=O) groups excluding carboxylic acids is 2. The number of likely N-dealkylation sites (N-methyl/N-ethyl adjacent to an activating group) is 1. The quantitative estimate of drug-likeness (QED) is 0.474. The van der Waals surface area contributed by atoms with Crippen LogP contribution in [0.4, 0.5) is 0 Å². The lowest BCUT2D eigenvalue weighted by Gasteiger charge is -2.19. The summed E-state index contributed by atoms with van der Waals surface area (Å²) in [6.07, 6.45) is 0.308. The van der Waals surface area contributed by atoms with Crippen LogP contribution >= 0.6 is 0 Å². The zero-order valence-electron chi connectivity index (χ0n) is 17.7. The van der Waals surface area contributed by atoms with Crippen LogP contribution in [-0.2, 0) is 27.3 Å². The zero-order chi connectivity index (χ0) is 22.7. The van der Waals surface area contributed by atoms with Gasteiger partial charge in [0.05, 0.1) is 0 Å². The maximum atomic E-state index is 13.1. The first kappa shape index (κ1) is 21.5. The molecule has 0 spiro atoms. The topological polar surface area (TPSA) is 98.5 Å². The summed E-state index contributed by atoms with van der Waals surface area (Å²) >= 11 is 0. The van der Waals surface area contributed by atoms with E-state index in [4.69, 9.17) is 0 Å². The van der Waals surface area contributed by atoms with Crippen LogP contribution in [0.5, 0.6) is 0 Å². The Balaban J connectivity index is 1.48. The molecule has 1 aliphatic rings. The third-order valence-electron chi connectivity index (χ3n) is 5.86. The van der Waals surface area contributed by atoms with Crippen LogP contribution in [0, 0.1) is 0 Å². The summed E-state index contributed by atoms with van der Waals surface area (Å²) < 4.78 is 0. The highest BCUT2D eigenvalue weighted by atomic mass is 16.4. The molecule has 0 saturated carbocycles. The third-order valence-corrected chi connectivity index (χ3v) is 5.86. The van der Waals surface area contributed by atoms with Crippen molar-refractivity contribution in [3.8, 4) is 0 Å². The van der Waals surface area contributed by atoms with Crippen molar-refractivity contribution in [1.29, 1.82) is 0 Å². The number of fused-ring (bicyclic) bond motifs is 1. The highest BCUT2D eigenvalue weighted by Crippen LogP contribution is 2.26. The molecule has 7 heteroatoms. The predicted molar refractivity (Wildman–Crippen MR) is 121 cm³/mol. The number of nitrogens with zero attached hydrogens (tertiary/aromatic N) is 1. The zero-order valence-corrected chi connectivity index (χ0v) is 17.7. The van der Waals surface area contributed by atoms with Crippen molar-refractivity contribution in [2.24, 2.45) is 0 Å². The Morgan fingerprint density at radius 1 is 0.938 bits per heavy atom. The molecule has 1 fully saturated rings. The first-order chi connectivity index (χ1) is 15.5. The second kappa shape index (κ2) is 9.20. The van der Waals surface area contributed by atoms with Gasteiger partial charge in [0.2, 0.25) is 11.8 Å². The lowest BCUT2D eigenvalue weighted by atomic mass is 10.0. The summed E-state index contributed by atoms with van der Waals surface area (Å²) in [6, 6.07) is 20.8. The first-order valence-electron chi connectivity index (χ1n) is 10.5. The van der Waals surface area contributed by atoms with Gasteiger partial charge in [-0.2, -0.15) is 0 Å². The average molecular weight is 431 g/mol. The minimum absolute atomic E-state index is 0.308. The maximum absolute atomic E-state index is 13.1. The number of nitrogens with one attached hydrogen (secondary N) is 2. The molecule has 4 rings (SSSR count). The summed E-state index contributed by atoms with van der Waals surface area (Å²) in [5.41, 5.74) is 1.88. The van der Waals surface area contributed by atoms with Gasteiger partial charge in [-0.1, -0.05) is 72.8 Å². The molecular weight excluding hydrogens is 406 g/mol. The van der Waals surface area contributed by atoms with E-state index in [-0.39, 0.29) is 5.91 Å². The van der Waals surface area contributed by atoms with Crippen LogP contribution in [0.3, 0.4) is 0 Å². The van der Waals surface area contributed by atoms with E-state index in [9.17, 15) is 19.5 Å². The van der Waals surface area contributed by atoms with Gasteiger partial charge in [-0.15, -0.1) is 0 Å². The smallest absolute Gasteiger partial charge is 0.323 e. The van der Waals surface area contributed by atoms with Gasteiger partial charge in [-0.25, -0.2) is 0 Å². The van der Waals surface area contributed by atoms with Crippen molar-refractivity contribution >= 4 is 28.6 Å². The van der Waals surface area contributed by atoms with E-state index < -0.39 is 30.0 Å². The molecule has 7 nitrogen and oxygen atoms in total. The van der Waals surface area contributed by atoms with Gasteiger partial charge >= 0.3 is 5.97 Å². The Morgan fingerprint density at radius 2 is 1.62 bits per heavy atom. The molecule has 3 aromatic rings. The molecule has 1 unspecified atom stereocenters. The Kier molecular flexibility index (Phi) is 6.18. The van der Waals surface area contributed by atoms with Crippen LogP contribution in [0.2, 0.25) is 0 Å². The van der Waals surface area contributed by atoms with E-state index in [1.54, 1.807) is 7.05 Å². The molecule has 0 radical (unpaired) electrons. The van der Waals surface area contributed by atoms with Gasteiger partial charge < -0.3 is 15.7 Å². The van der Waals surface area contributed by atoms with Gasteiger partial charge in [0.15, 0.2) is 0 Å². The number of aliphatic carboxylic acids is 1. The molecule has 4 atom stereocenters. The molecule has 32 heavy (non-hydrogen) atoms. The normalized spacial score (nSPS) is 20.3. The van der Waals surface area contributed by atoms with Gasteiger partial charge in [0, 0.05) is 13.0 Å². The number of amides is 2. The van der Waals surface area contributed by atoms with Gasteiger partial charge in [0.25, 0.3) is 0 Å². The standard InChI is InChI=1S/C25H25N3O4/c1-28-21(22(28)25(31)32)24(30)27-20(14-16-8-3-2-4-9-16)23(29)26-15-18-12-7-11-17-10-5-6-13-19(17)18/h2-13,20-22H,14-15H2,1H3,(H,26,29)(H,27,30)(H,31,32)/t20-,21-,22-,28?/m0/s1. The van der Waals surface area contributed by atoms with E-state index in [2.05, 4.69) is 10.6 Å². The largest absolute Gasteiger partial charge is 0.480 e. The predicted octanol–water partition coefficient (Wildman–Crippen LogP) is 1.95.